The fourth-order valence-corrected chi connectivity index (χ4v) is 2.89. The van der Waals surface area contributed by atoms with Crippen molar-refractivity contribution in [2.24, 2.45) is 0 Å². The molecule has 1 atom stereocenters. The molecule has 2 heterocycles. The highest BCUT2D eigenvalue weighted by atomic mass is 79.9. The molecule has 0 aliphatic heterocycles. The van der Waals surface area contributed by atoms with Crippen LogP contribution in [0.4, 0.5) is 0 Å². The number of pyridine rings is 1. The first-order chi connectivity index (χ1) is 10.2. The minimum absolute atomic E-state index is 0.127. The molecule has 0 aliphatic carbocycles. The van der Waals surface area contributed by atoms with E-state index < -0.39 is 0 Å². The Morgan fingerprint density at radius 2 is 2.33 bits per heavy atom. The van der Waals surface area contributed by atoms with Crippen LogP contribution in [-0.4, -0.2) is 35.0 Å². The lowest BCUT2D eigenvalue weighted by Crippen LogP contribution is -2.27. The fourth-order valence-electron chi connectivity index (χ4n) is 2.15. The predicted octanol–water partition coefficient (Wildman–Crippen LogP) is 3.04. The molecular formula is C14H18BrClN4O. The first-order valence-electron chi connectivity index (χ1n) is 6.73. The van der Waals surface area contributed by atoms with E-state index in [1.54, 1.807) is 19.5 Å². The van der Waals surface area contributed by atoms with E-state index in [-0.39, 0.29) is 6.04 Å². The van der Waals surface area contributed by atoms with Crippen LogP contribution in [0.3, 0.4) is 0 Å². The summed E-state index contributed by atoms with van der Waals surface area (Å²) in [6.45, 7) is 4.06. The lowest BCUT2D eigenvalue weighted by molar-refractivity contribution is 0.182. The van der Waals surface area contributed by atoms with Gasteiger partial charge in [-0.3, -0.25) is 9.67 Å². The Labute approximate surface area is 137 Å². The first-order valence-corrected chi connectivity index (χ1v) is 7.90. The molecule has 21 heavy (non-hydrogen) atoms. The summed E-state index contributed by atoms with van der Waals surface area (Å²) in [6.07, 6.45) is 3.43. The Kier molecular flexibility index (Phi) is 6.17. The number of nitrogens with zero attached hydrogens (tertiary/aromatic N) is 3. The van der Waals surface area contributed by atoms with Gasteiger partial charge >= 0.3 is 0 Å². The number of hydrogen-bond donors (Lipinski definition) is 1. The summed E-state index contributed by atoms with van der Waals surface area (Å²) in [4.78, 5) is 4.48. The van der Waals surface area contributed by atoms with Gasteiger partial charge in [-0.05, 0) is 34.6 Å². The van der Waals surface area contributed by atoms with Crippen molar-refractivity contribution in [3.63, 3.8) is 0 Å². The highest BCUT2D eigenvalue weighted by molar-refractivity contribution is 9.10. The van der Waals surface area contributed by atoms with Crippen LogP contribution in [0.15, 0.2) is 29.0 Å². The van der Waals surface area contributed by atoms with Crippen LogP contribution >= 0.6 is 27.5 Å². The van der Waals surface area contributed by atoms with Crippen molar-refractivity contribution in [3.8, 4) is 0 Å². The van der Waals surface area contributed by atoms with E-state index in [0.29, 0.717) is 18.2 Å². The Bertz CT molecular complexity index is 590. The van der Waals surface area contributed by atoms with Crippen LogP contribution in [0, 0.1) is 0 Å². The number of ether oxygens (including phenoxy) is 1. The quantitative estimate of drug-likeness (QED) is 0.810. The second-order valence-corrected chi connectivity index (χ2v) is 5.72. The third-order valence-electron chi connectivity index (χ3n) is 3.08. The van der Waals surface area contributed by atoms with Crippen LogP contribution in [0.25, 0.3) is 0 Å². The molecule has 2 aromatic heterocycles. The third-order valence-corrected chi connectivity index (χ3v) is 4.04. The zero-order chi connectivity index (χ0) is 15.2. The van der Waals surface area contributed by atoms with Crippen molar-refractivity contribution in [2.75, 3.05) is 20.3 Å². The zero-order valence-corrected chi connectivity index (χ0v) is 14.4. The maximum absolute atomic E-state index is 6.35. The summed E-state index contributed by atoms with van der Waals surface area (Å²) in [5.41, 5.74) is 1.79. The molecule has 0 spiro atoms. The van der Waals surface area contributed by atoms with Gasteiger partial charge in [0.1, 0.15) is 0 Å². The normalized spacial score (nSPS) is 12.6. The van der Waals surface area contributed by atoms with Gasteiger partial charge in [0.2, 0.25) is 0 Å². The molecule has 1 N–H and O–H groups in total. The molecule has 2 aromatic rings. The Morgan fingerprint density at radius 3 is 3.00 bits per heavy atom. The molecule has 0 aliphatic rings. The van der Waals surface area contributed by atoms with Crippen molar-refractivity contribution in [2.45, 2.75) is 19.5 Å². The van der Waals surface area contributed by atoms with E-state index in [4.69, 9.17) is 16.3 Å². The van der Waals surface area contributed by atoms with Crippen LogP contribution in [0.1, 0.15) is 24.4 Å². The molecular weight excluding hydrogens is 356 g/mol. The van der Waals surface area contributed by atoms with Gasteiger partial charge in [0.25, 0.3) is 0 Å². The van der Waals surface area contributed by atoms with Gasteiger partial charge in [-0.15, -0.1) is 0 Å². The average molecular weight is 374 g/mol. The molecule has 0 fully saturated rings. The highest BCUT2D eigenvalue weighted by Gasteiger charge is 2.24. The lowest BCUT2D eigenvalue weighted by atomic mass is 10.1. The number of aromatic nitrogens is 3. The van der Waals surface area contributed by atoms with Gasteiger partial charge in [0.15, 0.2) is 0 Å². The second-order valence-electron chi connectivity index (χ2n) is 4.45. The van der Waals surface area contributed by atoms with Crippen LogP contribution in [0.2, 0.25) is 5.02 Å². The third kappa shape index (κ3) is 3.83. The number of hydrogen-bond acceptors (Lipinski definition) is 4. The monoisotopic (exact) mass is 372 g/mol. The smallest absolute Gasteiger partial charge is 0.0948 e. The highest BCUT2D eigenvalue weighted by Crippen LogP contribution is 2.31. The van der Waals surface area contributed by atoms with E-state index >= 15 is 0 Å². The maximum atomic E-state index is 6.35. The minimum Gasteiger partial charge on any atom is -0.383 e. The molecule has 0 aromatic carbocycles. The molecule has 0 saturated heterocycles. The van der Waals surface area contributed by atoms with Gasteiger partial charge in [0, 0.05) is 17.8 Å². The summed E-state index contributed by atoms with van der Waals surface area (Å²) in [6, 6.07) is 3.73. The molecule has 0 amide bonds. The molecule has 1 unspecified atom stereocenters. The topological polar surface area (TPSA) is 52.0 Å². The molecule has 5 nitrogen and oxygen atoms in total. The SMILES string of the molecule is CCNC(c1ncccc1Br)c1c(Cl)cnn1CCOC. The second kappa shape index (κ2) is 7.89. The van der Waals surface area contributed by atoms with Crippen LogP contribution in [0.5, 0.6) is 0 Å². The molecule has 2 rings (SSSR count). The number of nitrogens with one attached hydrogen (secondary N) is 1. The molecule has 7 heteroatoms. The molecule has 0 radical (unpaired) electrons. The Hall–Kier alpha value is -0.950. The number of halogens is 2. The predicted molar refractivity (Wildman–Crippen MR) is 86.6 cm³/mol. The largest absolute Gasteiger partial charge is 0.383 e. The Balaban J connectivity index is 2.43. The van der Waals surface area contributed by atoms with Crippen molar-refractivity contribution < 1.29 is 4.74 Å². The van der Waals surface area contributed by atoms with Crippen molar-refractivity contribution in [3.05, 3.63) is 45.4 Å². The number of rotatable bonds is 7. The summed E-state index contributed by atoms with van der Waals surface area (Å²) >= 11 is 9.90. The van der Waals surface area contributed by atoms with Gasteiger partial charge in [-0.2, -0.15) is 5.10 Å². The van der Waals surface area contributed by atoms with E-state index in [1.165, 1.54) is 0 Å². The molecule has 0 saturated carbocycles. The zero-order valence-electron chi connectivity index (χ0n) is 12.0. The standard InChI is InChI=1S/C14H18BrClN4O/c1-3-17-13(12-10(15)5-4-6-18-12)14-11(16)9-19-20(14)7-8-21-2/h4-6,9,13,17H,3,7-8H2,1-2H3. The van der Waals surface area contributed by atoms with Crippen molar-refractivity contribution in [1.82, 2.24) is 20.1 Å². The average Bonchev–Trinajstić information content (AvgIpc) is 2.84. The minimum atomic E-state index is -0.127. The van der Waals surface area contributed by atoms with Crippen LogP contribution < -0.4 is 5.32 Å². The summed E-state index contributed by atoms with van der Waals surface area (Å²) < 4.78 is 7.93. The van der Waals surface area contributed by atoms with E-state index in [9.17, 15) is 0 Å². The van der Waals surface area contributed by atoms with E-state index in [0.717, 1.165) is 22.4 Å². The Morgan fingerprint density at radius 1 is 1.52 bits per heavy atom. The van der Waals surface area contributed by atoms with Gasteiger partial charge in [0.05, 0.1) is 41.8 Å². The van der Waals surface area contributed by atoms with Crippen molar-refractivity contribution in [1.29, 1.82) is 0 Å². The summed E-state index contributed by atoms with van der Waals surface area (Å²) in [7, 11) is 1.67. The lowest BCUT2D eigenvalue weighted by Gasteiger charge is -2.20. The van der Waals surface area contributed by atoms with Crippen LogP contribution in [-0.2, 0) is 11.3 Å². The first kappa shape index (κ1) is 16.4. The fraction of sp³-hybridized carbons (Fsp3) is 0.429. The molecule has 0 bridgehead atoms. The van der Waals surface area contributed by atoms with E-state index in [2.05, 4.69) is 31.3 Å². The van der Waals surface area contributed by atoms with Gasteiger partial charge in [-0.1, -0.05) is 18.5 Å². The summed E-state index contributed by atoms with van der Waals surface area (Å²) in [5.74, 6) is 0. The van der Waals surface area contributed by atoms with Gasteiger partial charge < -0.3 is 10.1 Å². The molecule has 114 valence electrons. The summed E-state index contributed by atoms with van der Waals surface area (Å²) in [5, 5.41) is 8.37. The maximum Gasteiger partial charge on any atom is 0.0948 e. The van der Waals surface area contributed by atoms with E-state index in [1.807, 2.05) is 23.7 Å². The van der Waals surface area contributed by atoms with Crippen molar-refractivity contribution >= 4 is 27.5 Å². The van der Waals surface area contributed by atoms with Gasteiger partial charge in [-0.25, -0.2) is 0 Å². The number of methoxy groups -OCH3 is 1.